The van der Waals surface area contributed by atoms with E-state index in [4.69, 9.17) is 15.2 Å². The molecule has 0 amide bonds. The fourth-order valence-corrected chi connectivity index (χ4v) is 3.68. The molecule has 0 aliphatic heterocycles. The second-order valence-corrected chi connectivity index (χ2v) is 6.62. The molecule has 6 nitrogen and oxygen atoms in total. The molecule has 0 aromatic heterocycles. The molecule has 1 aromatic rings. The predicted octanol–water partition coefficient (Wildman–Crippen LogP) is 1.05. The molecule has 0 saturated heterocycles. The Balaban J connectivity index is 3.35. The molecular formula is C11H17BrN2O4S. The quantitative estimate of drug-likeness (QED) is 0.827. The van der Waals surface area contributed by atoms with Crippen LogP contribution in [0.3, 0.4) is 0 Å². The average molecular weight is 353 g/mol. The number of halogens is 1. The number of sulfonamides is 1. The molecule has 108 valence electrons. The number of nitrogens with two attached hydrogens (primary N) is 1. The summed E-state index contributed by atoms with van der Waals surface area (Å²) >= 11 is 3.23. The standard InChI is InChI=1S/C11H17BrN2O4S/c1-14(5-4-13)19(15,16)11-7-10(18-3)9(17-2)6-8(11)12/h6-7H,4-5,13H2,1-3H3. The SMILES string of the molecule is COc1cc(Br)c(S(=O)(=O)N(C)CCN)cc1OC. The summed E-state index contributed by atoms with van der Waals surface area (Å²) in [5, 5.41) is 0. The van der Waals surface area contributed by atoms with Crippen LogP contribution >= 0.6 is 15.9 Å². The van der Waals surface area contributed by atoms with E-state index in [0.717, 1.165) is 0 Å². The Hall–Kier alpha value is -0.830. The summed E-state index contributed by atoms with van der Waals surface area (Å²) in [6, 6.07) is 2.98. The molecule has 0 fully saturated rings. The van der Waals surface area contributed by atoms with Crippen LogP contribution in [0.1, 0.15) is 0 Å². The van der Waals surface area contributed by atoms with E-state index in [9.17, 15) is 8.42 Å². The Morgan fingerprint density at radius 1 is 1.26 bits per heavy atom. The molecule has 0 aliphatic carbocycles. The highest BCUT2D eigenvalue weighted by molar-refractivity contribution is 9.10. The van der Waals surface area contributed by atoms with Gasteiger partial charge >= 0.3 is 0 Å². The van der Waals surface area contributed by atoms with Gasteiger partial charge in [-0.1, -0.05) is 0 Å². The van der Waals surface area contributed by atoms with Gasteiger partial charge in [0.05, 0.1) is 14.2 Å². The van der Waals surface area contributed by atoms with Crippen molar-refractivity contribution in [2.45, 2.75) is 4.90 Å². The summed E-state index contributed by atoms with van der Waals surface area (Å²) in [7, 11) is 0.794. The van der Waals surface area contributed by atoms with Crippen LogP contribution in [0.2, 0.25) is 0 Å². The number of benzene rings is 1. The van der Waals surface area contributed by atoms with Gasteiger partial charge in [-0.2, -0.15) is 4.31 Å². The molecule has 0 saturated carbocycles. The molecule has 0 bridgehead atoms. The lowest BCUT2D eigenvalue weighted by Crippen LogP contribution is -2.32. The normalized spacial score (nSPS) is 11.7. The van der Waals surface area contributed by atoms with Gasteiger partial charge in [-0.25, -0.2) is 8.42 Å². The Kier molecular flexibility index (Phi) is 5.60. The van der Waals surface area contributed by atoms with Gasteiger partial charge in [0.25, 0.3) is 0 Å². The summed E-state index contributed by atoms with van der Waals surface area (Å²) < 4.78 is 36.5. The minimum atomic E-state index is -3.62. The second-order valence-electron chi connectivity index (χ2n) is 3.75. The van der Waals surface area contributed by atoms with Crippen LogP contribution in [0.15, 0.2) is 21.5 Å². The van der Waals surface area contributed by atoms with E-state index in [1.165, 1.54) is 31.6 Å². The fraction of sp³-hybridized carbons (Fsp3) is 0.455. The van der Waals surface area contributed by atoms with Gasteiger partial charge < -0.3 is 15.2 Å². The maximum atomic E-state index is 12.4. The van der Waals surface area contributed by atoms with Crippen LogP contribution in [-0.2, 0) is 10.0 Å². The van der Waals surface area contributed by atoms with Gasteiger partial charge in [-0.15, -0.1) is 0 Å². The maximum Gasteiger partial charge on any atom is 0.244 e. The Morgan fingerprint density at radius 2 is 1.79 bits per heavy atom. The van der Waals surface area contributed by atoms with Crippen molar-refractivity contribution in [3.63, 3.8) is 0 Å². The molecule has 8 heteroatoms. The Labute approximate surface area is 121 Å². The van der Waals surface area contributed by atoms with Crippen LogP contribution in [0.25, 0.3) is 0 Å². The van der Waals surface area contributed by atoms with E-state index in [-0.39, 0.29) is 18.0 Å². The highest BCUT2D eigenvalue weighted by Gasteiger charge is 2.25. The summed E-state index contributed by atoms with van der Waals surface area (Å²) in [6.45, 7) is 0.490. The van der Waals surface area contributed by atoms with E-state index in [1.807, 2.05) is 0 Å². The molecule has 0 unspecified atom stereocenters. The lowest BCUT2D eigenvalue weighted by atomic mass is 10.3. The van der Waals surface area contributed by atoms with Gasteiger partial charge in [0.1, 0.15) is 4.90 Å². The largest absolute Gasteiger partial charge is 0.493 e. The maximum absolute atomic E-state index is 12.4. The second kappa shape index (κ2) is 6.56. The number of methoxy groups -OCH3 is 2. The van der Waals surface area contributed by atoms with Crippen molar-refractivity contribution >= 4 is 26.0 Å². The molecule has 0 atom stereocenters. The molecule has 0 spiro atoms. The van der Waals surface area contributed by atoms with E-state index >= 15 is 0 Å². The third-order valence-electron chi connectivity index (χ3n) is 2.57. The van der Waals surface area contributed by atoms with Crippen molar-refractivity contribution in [1.82, 2.24) is 4.31 Å². The topological polar surface area (TPSA) is 81.9 Å². The molecule has 0 heterocycles. The average Bonchev–Trinajstić information content (AvgIpc) is 2.38. The van der Waals surface area contributed by atoms with Crippen molar-refractivity contribution < 1.29 is 17.9 Å². The Morgan fingerprint density at radius 3 is 2.26 bits per heavy atom. The van der Waals surface area contributed by atoms with Crippen LogP contribution in [0.4, 0.5) is 0 Å². The van der Waals surface area contributed by atoms with Gasteiger partial charge in [-0.3, -0.25) is 0 Å². The van der Waals surface area contributed by atoms with Gasteiger partial charge in [0.2, 0.25) is 10.0 Å². The van der Waals surface area contributed by atoms with Crippen molar-refractivity contribution in [3.8, 4) is 11.5 Å². The molecule has 1 aromatic carbocycles. The minimum Gasteiger partial charge on any atom is -0.493 e. The number of likely N-dealkylation sites (N-methyl/N-ethyl adjacent to an activating group) is 1. The first-order valence-electron chi connectivity index (χ1n) is 5.46. The fourth-order valence-electron chi connectivity index (χ4n) is 1.50. The molecule has 0 radical (unpaired) electrons. The zero-order chi connectivity index (χ0) is 14.6. The smallest absolute Gasteiger partial charge is 0.244 e. The number of rotatable bonds is 6. The van der Waals surface area contributed by atoms with Crippen LogP contribution in [0.5, 0.6) is 11.5 Å². The van der Waals surface area contributed by atoms with Crippen molar-refractivity contribution in [2.75, 3.05) is 34.4 Å². The van der Waals surface area contributed by atoms with E-state index in [0.29, 0.717) is 16.0 Å². The van der Waals surface area contributed by atoms with Crippen molar-refractivity contribution in [3.05, 3.63) is 16.6 Å². The molecular weight excluding hydrogens is 336 g/mol. The van der Waals surface area contributed by atoms with E-state index < -0.39 is 10.0 Å². The van der Waals surface area contributed by atoms with Crippen molar-refractivity contribution in [1.29, 1.82) is 0 Å². The molecule has 2 N–H and O–H groups in total. The van der Waals surface area contributed by atoms with Crippen LogP contribution in [0, 0.1) is 0 Å². The zero-order valence-corrected chi connectivity index (χ0v) is 13.4. The van der Waals surface area contributed by atoms with Crippen LogP contribution < -0.4 is 15.2 Å². The Bertz CT molecular complexity index is 548. The summed E-state index contributed by atoms with van der Waals surface area (Å²) in [5.41, 5.74) is 5.38. The summed E-state index contributed by atoms with van der Waals surface area (Å²) in [6.07, 6.45) is 0. The van der Waals surface area contributed by atoms with Crippen molar-refractivity contribution in [2.24, 2.45) is 5.73 Å². The lowest BCUT2D eigenvalue weighted by molar-refractivity contribution is 0.353. The highest BCUT2D eigenvalue weighted by Crippen LogP contribution is 2.36. The highest BCUT2D eigenvalue weighted by atomic mass is 79.9. The number of nitrogens with zero attached hydrogens (tertiary/aromatic N) is 1. The number of hydrogen-bond donors (Lipinski definition) is 1. The van der Waals surface area contributed by atoms with E-state index in [2.05, 4.69) is 15.9 Å². The first-order valence-corrected chi connectivity index (χ1v) is 7.69. The third-order valence-corrected chi connectivity index (χ3v) is 5.39. The molecule has 19 heavy (non-hydrogen) atoms. The third kappa shape index (κ3) is 3.38. The summed E-state index contributed by atoms with van der Waals surface area (Å²) in [4.78, 5) is 0.112. The first kappa shape index (κ1) is 16.2. The predicted molar refractivity (Wildman–Crippen MR) is 76.1 cm³/mol. The van der Waals surface area contributed by atoms with Gasteiger partial charge in [-0.05, 0) is 22.0 Å². The summed E-state index contributed by atoms with van der Waals surface area (Å²) in [5.74, 6) is 0.806. The minimum absolute atomic E-state index is 0.112. The van der Waals surface area contributed by atoms with E-state index in [1.54, 1.807) is 6.07 Å². The number of ether oxygens (including phenoxy) is 2. The van der Waals surface area contributed by atoms with Gasteiger partial charge in [0.15, 0.2) is 11.5 Å². The molecule has 1 rings (SSSR count). The lowest BCUT2D eigenvalue weighted by Gasteiger charge is -2.18. The van der Waals surface area contributed by atoms with Gasteiger partial charge in [0, 0.05) is 30.7 Å². The zero-order valence-electron chi connectivity index (χ0n) is 11.0. The first-order chi connectivity index (χ1) is 8.88. The number of hydrogen-bond acceptors (Lipinski definition) is 5. The monoisotopic (exact) mass is 352 g/mol. The van der Waals surface area contributed by atoms with Crippen LogP contribution in [-0.4, -0.2) is 47.1 Å². The molecule has 0 aliphatic rings.